The molecular formula is C16H27NO3. The van der Waals surface area contributed by atoms with Crippen LogP contribution in [0.25, 0.3) is 0 Å². The summed E-state index contributed by atoms with van der Waals surface area (Å²) in [5, 5.41) is 3.34. The molecule has 1 aromatic carbocycles. The first-order valence-corrected chi connectivity index (χ1v) is 7.31. The first kappa shape index (κ1) is 16.8. The van der Waals surface area contributed by atoms with Crippen LogP contribution in [-0.4, -0.2) is 34.0 Å². The van der Waals surface area contributed by atoms with Gasteiger partial charge in [-0.25, -0.2) is 0 Å². The highest BCUT2D eigenvalue weighted by Crippen LogP contribution is 2.31. The number of rotatable bonds is 11. The molecular weight excluding hydrogens is 254 g/mol. The predicted molar refractivity (Wildman–Crippen MR) is 81.6 cm³/mol. The maximum absolute atomic E-state index is 5.92. The van der Waals surface area contributed by atoms with Gasteiger partial charge >= 0.3 is 0 Å². The molecule has 0 atom stereocenters. The molecule has 0 saturated heterocycles. The van der Waals surface area contributed by atoms with Crippen LogP contribution in [0.2, 0.25) is 0 Å². The fraction of sp³-hybridized carbons (Fsp3) is 0.625. The van der Waals surface area contributed by atoms with Crippen molar-refractivity contribution in [2.45, 2.75) is 32.7 Å². The van der Waals surface area contributed by atoms with Gasteiger partial charge in [0, 0.05) is 25.8 Å². The molecule has 0 amide bonds. The van der Waals surface area contributed by atoms with Crippen LogP contribution in [0.1, 0.15) is 31.7 Å². The number of benzene rings is 1. The van der Waals surface area contributed by atoms with Crippen molar-refractivity contribution in [2.24, 2.45) is 0 Å². The molecule has 0 aliphatic heterocycles. The van der Waals surface area contributed by atoms with Crippen molar-refractivity contribution in [2.75, 3.05) is 34.0 Å². The van der Waals surface area contributed by atoms with Gasteiger partial charge in [0.2, 0.25) is 0 Å². The Kier molecular flexibility index (Phi) is 8.83. The van der Waals surface area contributed by atoms with Crippen molar-refractivity contribution >= 4 is 0 Å². The van der Waals surface area contributed by atoms with Crippen LogP contribution in [0, 0.1) is 0 Å². The van der Waals surface area contributed by atoms with Crippen LogP contribution in [0.4, 0.5) is 0 Å². The lowest BCUT2D eigenvalue weighted by molar-refractivity contribution is 0.199. The molecule has 0 unspecified atom stereocenters. The lowest BCUT2D eigenvalue weighted by Gasteiger charge is -2.15. The number of para-hydroxylation sites is 1. The fourth-order valence-electron chi connectivity index (χ4n) is 1.95. The number of ether oxygens (including phenoxy) is 3. The molecule has 0 spiro atoms. The molecule has 0 aliphatic rings. The van der Waals surface area contributed by atoms with Gasteiger partial charge in [-0.1, -0.05) is 31.9 Å². The van der Waals surface area contributed by atoms with Crippen molar-refractivity contribution < 1.29 is 14.2 Å². The predicted octanol–water partition coefficient (Wildman–Crippen LogP) is 3.00. The number of hydrogen-bond donors (Lipinski definition) is 1. The van der Waals surface area contributed by atoms with Crippen molar-refractivity contribution in [3.8, 4) is 11.5 Å². The summed E-state index contributed by atoms with van der Waals surface area (Å²) in [5.74, 6) is 1.66. The zero-order valence-electron chi connectivity index (χ0n) is 12.9. The van der Waals surface area contributed by atoms with Crippen LogP contribution >= 0.6 is 0 Å². The Bertz CT molecular complexity index is 369. The lowest BCUT2D eigenvalue weighted by Crippen LogP contribution is -2.19. The second kappa shape index (κ2) is 10.5. The Hall–Kier alpha value is -1.26. The molecule has 0 heterocycles. The van der Waals surface area contributed by atoms with Crippen molar-refractivity contribution in [1.29, 1.82) is 0 Å². The molecule has 4 heteroatoms. The highest BCUT2D eigenvalue weighted by molar-refractivity contribution is 5.46. The molecule has 0 bridgehead atoms. The Labute approximate surface area is 122 Å². The fourth-order valence-corrected chi connectivity index (χ4v) is 1.95. The van der Waals surface area contributed by atoms with E-state index in [1.54, 1.807) is 14.2 Å². The van der Waals surface area contributed by atoms with Gasteiger partial charge in [-0.2, -0.15) is 0 Å². The topological polar surface area (TPSA) is 39.7 Å². The van der Waals surface area contributed by atoms with E-state index in [2.05, 4.69) is 18.3 Å². The first-order valence-electron chi connectivity index (χ1n) is 7.31. The minimum atomic E-state index is 0.705. The third-order valence-corrected chi connectivity index (χ3v) is 3.07. The smallest absolute Gasteiger partial charge is 0.165 e. The second-order valence-electron chi connectivity index (χ2n) is 4.67. The maximum atomic E-state index is 5.92. The summed E-state index contributed by atoms with van der Waals surface area (Å²) in [7, 11) is 3.38. The van der Waals surface area contributed by atoms with E-state index < -0.39 is 0 Å². The Morgan fingerprint density at radius 1 is 1.10 bits per heavy atom. The zero-order valence-corrected chi connectivity index (χ0v) is 12.9. The molecule has 1 rings (SSSR count). The van der Waals surface area contributed by atoms with Gasteiger partial charge in [0.05, 0.1) is 20.3 Å². The molecule has 114 valence electrons. The van der Waals surface area contributed by atoms with Crippen LogP contribution < -0.4 is 14.8 Å². The van der Waals surface area contributed by atoms with Gasteiger partial charge < -0.3 is 19.5 Å². The molecule has 0 fully saturated rings. The van der Waals surface area contributed by atoms with Crippen LogP contribution in [0.5, 0.6) is 11.5 Å². The second-order valence-corrected chi connectivity index (χ2v) is 4.67. The third kappa shape index (κ3) is 5.80. The summed E-state index contributed by atoms with van der Waals surface area (Å²) in [6.07, 6.45) is 3.46. The average molecular weight is 281 g/mol. The molecule has 0 radical (unpaired) electrons. The summed E-state index contributed by atoms with van der Waals surface area (Å²) in [6, 6.07) is 6.00. The highest BCUT2D eigenvalue weighted by atomic mass is 16.5. The number of unbranched alkanes of at least 4 members (excludes halogenated alkanes) is 2. The number of hydrogen-bond acceptors (Lipinski definition) is 4. The van der Waals surface area contributed by atoms with E-state index in [9.17, 15) is 0 Å². The molecule has 4 nitrogen and oxygen atoms in total. The summed E-state index contributed by atoms with van der Waals surface area (Å²) in [4.78, 5) is 0. The zero-order chi connectivity index (χ0) is 14.6. The quantitative estimate of drug-likeness (QED) is 0.633. The van der Waals surface area contributed by atoms with Gasteiger partial charge in [-0.15, -0.1) is 0 Å². The highest BCUT2D eigenvalue weighted by Gasteiger charge is 2.10. The largest absolute Gasteiger partial charge is 0.493 e. The van der Waals surface area contributed by atoms with Gasteiger partial charge in [0.1, 0.15) is 0 Å². The van der Waals surface area contributed by atoms with Gasteiger partial charge in [0.15, 0.2) is 11.5 Å². The van der Waals surface area contributed by atoms with E-state index in [0.717, 1.165) is 43.2 Å². The minimum absolute atomic E-state index is 0.705. The summed E-state index contributed by atoms with van der Waals surface area (Å²) >= 11 is 0. The Morgan fingerprint density at radius 2 is 1.95 bits per heavy atom. The Balaban J connectivity index is 2.61. The molecule has 0 aliphatic carbocycles. The normalized spacial score (nSPS) is 10.6. The summed E-state index contributed by atoms with van der Waals surface area (Å²) in [6.45, 7) is 5.21. The van der Waals surface area contributed by atoms with E-state index in [1.165, 1.54) is 12.8 Å². The summed E-state index contributed by atoms with van der Waals surface area (Å²) < 4.78 is 16.3. The van der Waals surface area contributed by atoms with Gasteiger partial charge in [-0.05, 0) is 12.5 Å². The summed E-state index contributed by atoms with van der Waals surface area (Å²) in [5.41, 5.74) is 1.12. The number of nitrogens with one attached hydrogen (secondary N) is 1. The van der Waals surface area contributed by atoms with Crippen LogP contribution in [0.15, 0.2) is 18.2 Å². The van der Waals surface area contributed by atoms with Crippen LogP contribution in [-0.2, 0) is 11.3 Å². The van der Waals surface area contributed by atoms with E-state index in [1.807, 2.05) is 12.1 Å². The minimum Gasteiger partial charge on any atom is -0.493 e. The molecule has 0 saturated carbocycles. The average Bonchev–Trinajstić information content (AvgIpc) is 2.48. The van der Waals surface area contributed by atoms with Crippen molar-refractivity contribution in [1.82, 2.24) is 5.32 Å². The molecule has 20 heavy (non-hydrogen) atoms. The van der Waals surface area contributed by atoms with E-state index >= 15 is 0 Å². The lowest BCUT2D eigenvalue weighted by atomic mass is 10.2. The van der Waals surface area contributed by atoms with E-state index in [4.69, 9.17) is 14.2 Å². The first-order chi connectivity index (χ1) is 9.83. The van der Waals surface area contributed by atoms with Crippen molar-refractivity contribution in [3.05, 3.63) is 23.8 Å². The third-order valence-electron chi connectivity index (χ3n) is 3.07. The monoisotopic (exact) mass is 281 g/mol. The maximum Gasteiger partial charge on any atom is 0.165 e. The van der Waals surface area contributed by atoms with Gasteiger partial charge in [-0.3, -0.25) is 0 Å². The van der Waals surface area contributed by atoms with Crippen molar-refractivity contribution in [3.63, 3.8) is 0 Å². The number of methoxy groups -OCH3 is 2. The molecule has 1 aromatic rings. The van der Waals surface area contributed by atoms with E-state index in [0.29, 0.717) is 6.61 Å². The Morgan fingerprint density at radius 3 is 2.65 bits per heavy atom. The molecule has 1 N–H and O–H groups in total. The SMILES string of the molecule is CCCCCOc1c(CNCCOC)cccc1OC. The van der Waals surface area contributed by atoms with Crippen LogP contribution in [0.3, 0.4) is 0 Å². The molecule has 0 aromatic heterocycles. The standard InChI is InChI=1S/C16H27NO3/c1-4-5-6-11-20-16-14(13-17-10-12-18-2)8-7-9-15(16)19-3/h7-9,17H,4-6,10-13H2,1-3H3. The van der Waals surface area contributed by atoms with Gasteiger partial charge in [0.25, 0.3) is 0 Å². The van der Waals surface area contributed by atoms with E-state index in [-0.39, 0.29) is 0 Å².